The smallest absolute Gasteiger partial charge is 0.115 e. The molecule has 0 aliphatic carbocycles. The molecule has 0 saturated carbocycles. The fourth-order valence-electron chi connectivity index (χ4n) is 2.34. The van der Waals surface area contributed by atoms with Gasteiger partial charge >= 0.3 is 0 Å². The number of nitrogens with zero attached hydrogens (tertiary/aromatic N) is 1. The summed E-state index contributed by atoms with van der Waals surface area (Å²) in [4.78, 5) is 2.27. The molecule has 0 bridgehead atoms. The maximum absolute atomic E-state index is 9.38. The van der Waals surface area contributed by atoms with Gasteiger partial charge in [0.05, 0.1) is 6.04 Å². The number of benzene rings is 2. The van der Waals surface area contributed by atoms with Crippen molar-refractivity contribution in [2.24, 2.45) is 5.73 Å². The van der Waals surface area contributed by atoms with Gasteiger partial charge in [-0.15, -0.1) is 0 Å². The molecule has 1 atom stereocenters. The van der Waals surface area contributed by atoms with Crippen LogP contribution in [0, 0.1) is 0 Å². The van der Waals surface area contributed by atoms with Gasteiger partial charge in [0.25, 0.3) is 0 Å². The van der Waals surface area contributed by atoms with Crippen molar-refractivity contribution in [3.8, 4) is 5.75 Å². The van der Waals surface area contributed by atoms with Gasteiger partial charge in [0.15, 0.2) is 0 Å². The molecular formula is C16H20N2O. The Morgan fingerprint density at radius 3 is 2.21 bits per heavy atom. The van der Waals surface area contributed by atoms with Gasteiger partial charge in [-0.1, -0.05) is 30.3 Å². The molecule has 0 radical (unpaired) electrons. The van der Waals surface area contributed by atoms with Gasteiger partial charge < -0.3 is 15.7 Å². The maximum Gasteiger partial charge on any atom is 0.115 e. The third kappa shape index (κ3) is 3.06. The minimum atomic E-state index is 0.119. The highest BCUT2D eigenvalue weighted by Gasteiger charge is 2.17. The molecule has 0 aliphatic rings. The Bertz CT molecular complexity index is 496. The zero-order valence-corrected chi connectivity index (χ0v) is 11.2. The molecule has 100 valence electrons. The van der Waals surface area contributed by atoms with Gasteiger partial charge in [-0.05, 0) is 36.8 Å². The predicted octanol–water partition coefficient (Wildman–Crippen LogP) is 2.92. The molecule has 0 spiro atoms. The van der Waals surface area contributed by atoms with Crippen LogP contribution in [0.5, 0.6) is 5.75 Å². The second-order valence-corrected chi connectivity index (χ2v) is 4.46. The SMILES string of the molecule is CCN(c1ccccc1)C(CN)c1ccc(O)cc1. The molecular weight excluding hydrogens is 236 g/mol. The van der Waals surface area contributed by atoms with E-state index in [9.17, 15) is 5.11 Å². The molecule has 2 aromatic carbocycles. The summed E-state index contributed by atoms with van der Waals surface area (Å²) in [5.74, 6) is 0.280. The molecule has 1 unspecified atom stereocenters. The maximum atomic E-state index is 9.38. The average molecular weight is 256 g/mol. The van der Waals surface area contributed by atoms with Crippen molar-refractivity contribution in [1.82, 2.24) is 0 Å². The zero-order chi connectivity index (χ0) is 13.7. The normalized spacial score (nSPS) is 12.1. The highest BCUT2D eigenvalue weighted by Crippen LogP contribution is 2.27. The number of rotatable bonds is 5. The van der Waals surface area contributed by atoms with Crippen LogP contribution in [-0.2, 0) is 0 Å². The molecule has 0 saturated heterocycles. The molecule has 0 heterocycles. The van der Waals surface area contributed by atoms with Gasteiger partial charge in [0.2, 0.25) is 0 Å². The Morgan fingerprint density at radius 1 is 1.05 bits per heavy atom. The molecule has 3 N–H and O–H groups in total. The van der Waals surface area contributed by atoms with Crippen LogP contribution in [0.3, 0.4) is 0 Å². The highest BCUT2D eigenvalue weighted by molar-refractivity contribution is 5.49. The Balaban J connectivity index is 2.31. The Labute approximate surface area is 114 Å². The first-order chi connectivity index (χ1) is 9.26. The number of anilines is 1. The summed E-state index contributed by atoms with van der Waals surface area (Å²) in [5, 5.41) is 9.38. The Hall–Kier alpha value is -2.00. The minimum absolute atomic E-state index is 0.119. The third-order valence-electron chi connectivity index (χ3n) is 3.31. The number of para-hydroxylation sites is 1. The van der Waals surface area contributed by atoms with E-state index in [-0.39, 0.29) is 11.8 Å². The summed E-state index contributed by atoms with van der Waals surface area (Å²) in [5.41, 5.74) is 8.23. The van der Waals surface area contributed by atoms with E-state index < -0.39 is 0 Å². The zero-order valence-electron chi connectivity index (χ0n) is 11.2. The van der Waals surface area contributed by atoms with Crippen molar-refractivity contribution >= 4 is 5.69 Å². The summed E-state index contributed by atoms with van der Waals surface area (Å²) < 4.78 is 0. The standard InChI is InChI=1S/C16H20N2O/c1-2-18(14-6-4-3-5-7-14)16(12-17)13-8-10-15(19)11-9-13/h3-11,16,19H,2,12,17H2,1H3. The second-order valence-electron chi connectivity index (χ2n) is 4.46. The predicted molar refractivity (Wildman–Crippen MR) is 79.4 cm³/mol. The monoisotopic (exact) mass is 256 g/mol. The third-order valence-corrected chi connectivity index (χ3v) is 3.31. The first-order valence-electron chi connectivity index (χ1n) is 6.57. The van der Waals surface area contributed by atoms with E-state index in [0.29, 0.717) is 6.54 Å². The van der Waals surface area contributed by atoms with E-state index in [0.717, 1.165) is 17.8 Å². The van der Waals surface area contributed by atoms with Crippen LogP contribution >= 0.6 is 0 Å². The highest BCUT2D eigenvalue weighted by atomic mass is 16.3. The van der Waals surface area contributed by atoms with Crippen LogP contribution in [0.1, 0.15) is 18.5 Å². The van der Waals surface area contributed by atoms with Crippen molar-refractivity contribution in [3.05, 3.63) is 60.2 Å². The number of hydrogen-bond acceptors (Lipinski definition) is 3. The van der Waals surface area contributed by atoms with Gasteiger partial charge in [0, 0.05) is 18.8 Å². The van der Waals surface area contributed by atoms with Gasteiger partial charge in [0.1, 0.15) is 5.75 Å². The summed E-state index contributed by atoms with van der Waals surface area (Å²) in [6, 6.07) is 17.6. The minimum Gasteiger partial charge on any atom is -0.508 e. The lowest BCUT2D eigenvalue weighted by Crippen LogP contribution is -2.33. The van der Waals surface area contributed by atoms with Crippen LogP contribution in [0.25, 0.3) is 0 Å². The second kappa shape index (κ2) is 6.25. The molecule has 0 amide bonds. The van der Waals surface area contributed by atoms with E-state index in [1.807, 2.05) is 30.3 Å². The van der Waals surface area contributed by atoms with Gasteiger partial charge in [-0.2, -0.15) is 0 Å². The molecule has 2 aromatic rings. The van der Waals surface area contributed by atoms with E-state index in [1.165, 1.54) is 0 Å². The number of hydrogen-bond donors (Lipinski definition) is 2. The lowest BCUT2D eigenvalue weighted by Gasteiger charge is -2.32. The quantitative estimate of drug-likeness (QED) is 0.864. The van der Waals surface area contributed by atoms with Crippen LogP contribution in [0.2, 0.25) is 0 Å². The van der Waals surface area contributed by atoms with E-state index in [2.05, 4.69) is 24.0 Å². The topological polar surface area (TPSA) is 49.5 Å². The van der Waals surface area contributed by atoms with E-state index in [1.54, 1.807) is 12.1 Å². The molecule has 0 fully saturated rings. The van der Waals surface area contributed by atoms with Gasteiger partial charge in [-0.3, -0.25) is 0 Å². The number of phenolic OH excluding ortho intramolecular Hbond substituents is 1. The summed E-state index contributed by atoms with van der Waals surface area (Å²) in [7, 11) is 0. The summed E-state index contributed by atoms with van der Waals surface area (Å²) >= 11 is 0. The van der Waals surface area contributed by atoms with Crippen molar-refractivity contribution in [1.29, 1.82) is 0 Å². The fourth-order valence-corrected chi connectivity index (χ4v) is 2.34. The number of phenols is 1. The Kier molecular flexibility index (Phi) is 4.42. The fraction of sp³-hybridized carbons (Fsp3) is 0.250. The molecule has 19 heavy (non-hydrogen) atoms. The largest absolute Gasteiger partial charge is 0.508 e. The van der Waals surface area contributed by atoms with Crippen molar-refractivity contribution in [2.75, 3.05) is 18.0 Å². The van der Waals surface area contributed by atoms with Crippen molar-refractivity contribution in [2.45, 2.75) is 13.0 Å². The summed E-state index contributed by atoms with van der Waals surface area (Å²) in [6.07, 6.45) is 0. The first-order valence-corrected chi connectivity index (χ1v) is 6.57. The van der Waals surface area contributed by atoms with Gasteiger partial charge in [-0.25, -0.2) is 0 Å². The van der Waals surface area contributed by atoms with Crippen LogP contribution < -0.4 is 10.6 Å². The molecule has 0 aromatic heterocycles. The molecule has 0 aliphatic heterocycles. The molecule has 3 nitrogen and oxygen atoms in total. The van der Waals surface area contributed by atoms with Crippen molar-refractivity contribution < 1.29 is 5.11 Å². The average Bonchev–Trinajstić information content (AvgIpc) is 2.47. The number of likely N-dealkylation sites (N-methyl/N-ethyl adjacent to an activating group) is 1. The molecule has 2 rings (SSSR count). The van der Waals surface area contributed by atoms with Crippen LogP contribution in [0.4, 0.5) is 5.69 Å². The van der Waals surface area contributed by atoms with Crippen LogP contribution in [-0.4, -0.2) is 18.2 Å². The first kappa shape index (κ1) is 13.4. The van der Waals surface area contributed by atoms with Crippen molar-refractivity contribution in [3.63, 3.8) is 0 Å². The lowest BCUT2D eigenvalue weighted by molar-refractivity contribution is 0.474. The Morgan fingerprint density at radius 2 is 1.68 bits per heavy atom. The van der Waals surface area contributed by atoms with E-state index >= 15 is 0 Å². The number of aromatic hydroxyl groups is 1. The van der Waals surface area contributed by atoms with Crippen LogP contribution in [0.15, 0.2) is 54.6 Å². The summed E-state index contributed by atoms with van der Waals surface area (Å²) in [6.45, 7) is 3.54. The molecule has 3 heteroatoms. The lowest BCUT2D eigenvalue weighted by atomic mass is 10.0. The number of nitrogens with two attached hydrogens (primary N) is 1. The van der Waals surface area contributed by atoms with E-state index in [4.69, 9.17) is 5.73 Å².